The molecule has 6 nitrogen and oxygen atoms in total. The zero-order valence-corrected chi connectivity index (χ0v) is 14.1. The van der Waals surface area contributed by atoms with Gasteiger partial charge in [-0.2, -0.15) is 10.5 Å². The van der Waals surface area contributed by atoms with E-state index in [-0.39, 0.29) is 28.0 Å². The van der Waals surface area contributed by atoms with E-state index < -0.39 is 12.1 Å². The highest BCUT2D eigenvalue weighted by Gasteiger charge is 2.28. The zero-order valence-electron chi connectivity index (χ0n) is 14.1. The van der Waals surface area contributed by atoms with Crippen LogP contribution in [0, 0.1) is 29.6 Å². The Morgan fingerprint density at radius 2 is 1.77 bits per heavy atom. The first kappa shape index (κ1) is 17.2. The monoisotopic (exact) mass is 346 g/mol. The summed E-state index contributed by atoms with van der Waals surface area (Å²) >= 11 is 0. The van der Waals surface area contributed by atoms with Gasteiger partial charge in [0.2, 0.25) is 5.76 Å². The molecule has 0 aliphatic rings. The Labute approximate surface area is 149 Å². The second-order valence-corrected chi connectivity index (χ2v) is 5.77. The van der Waals surface area contributed by atoms with Crippen molar-refractivity contribution in [1.29, 1.82) is 10.5 Å². The Hall–Kier alpha value is -3.61. The lowest BCUT2D eigenvalue weighted by molar-refractivity contribution is 0.0560. The quantitative estimate of drug-likeness (QED) is 0.729. The first-order valence-electron chi connectivity index (χ1n) is 7.73. The number of aryl methyl sites for hydroxylation is 1. The van der Waals surface area contributed by atoms with Gasteiger partial charge in [-0.05, 0) is 18.6 Å². The highest BCUT2D eigenvalue weighted by atomic mass is 16.5. The van der Waals surface area contributed by atoms with Crippen LogP contribution in [0.3, 0.4) is 0 Å². The lowest BCUT2D eigenvalue weighted by Crippen LogP contribution is -2.08. The molecule has 0 aliphatic carbocycles. The van der Waals surface area contributed by atoms with Crippen molar-refractivity contribution in [2.24, 2.45) is 0 Å². The highest BCUT2D eigenvalue weighted by Crippen LogP contribution is 2.36. The van der Waals surface area contributed by atoms with E-state index in [4.69, 9.17) is 14.4 Å². The number of nitrogens with zero attached hydrogens (tertiary/aromatic N) is 2. The van der Waals surface area contributed by atoms with Gasteiger partial charge in [-0.1, -0.05) is 29.8 Å². The molecule has 0 aliphatic heterocycles. The fourth-order valence-electron chi connectivity index (χ4n) is 2.78. The number of hydrogen-bond donors (Lipinski definition) is 1. The second-order valence-electron chi connectivity index (χ2n) is 5.77. The summed E-state index contributed by atoms with van der Waals surface area (Å²) in [5.41, 5.74) is 2.28. The maximum absolute atomic E-state index is 12.1. The van der Waals surface area contributed by atoms with Crippen molar-refractivity contribution >= 4 is 16.9 Å². The lowest BCUT2D eigenvalue weighted by Gasteiger charge is -2.12. The van der Waals surface area contributed by atoms with E-state index in [2.05, 4.69) is 0 Å². The molecule has 0 bridgehead atoms. The summed E-state index contributed by atoms with van der Waals surface area (Å²) in [6.07, 6.45) is -1.16. The van der Waals surface area contributed by atoms with Crippen molar-refractivity contribution in [3.8, 4) is 12.1 Å². The Bertz CT molecular complexity index is 1080. The summed E-state index contributed by atoms with van der Waals surface area (Å²) in [5.74, 6) is -0.908. The number of esters is 1. The molecule has 1 aromatic heterocycles. The molecular weight excluding hydrogens is 332 g/mol. The molecule has 2 aromatic carbocycles. The summed E-state index contributed by atoms with van der Waals surface area (Å²) in [7, 11) is 1.21. The molecule has 1 unspecified atom stereocenters. The van der Waals surface area contributed by atoms with E-state index in [1.54, 1.807) is 12.1 Å². The van der Waals surface area contributed by atoms with Crippen molar-refractivity contribution < 1.29 is 19.1 Å². The van der Waals surface area contributed by atoms with E-state index in [1.165, 1.54) is 19.2 Å². The largest absolute Gasteiger partial charge is 0.463 e. The van der Waals surface area contributed by atoms with E-state index >= 15 is 0 Å². The number of rotatable bonds is 3. The Kier molecular flexibility index (Phi) is 4.45. The van der Waals surface area contributed by atoms with Crippen molar-refractivity contribution in [3.63, 3.8) is 0 Å². The number of nitriles is 2. The van der Waals surface area contributed by atoms with E-state index in [9.17, 15) is 15.2 Å². The molecule has 3 aromatic rings. The number of ether oxygens (including phenoxy) is 1. The average molecular weight is 346 g/mol. The molecule has 26 heavy (non-hydrogen) atoms. The van der Waals surface area contributed by atoms with Gasteiger partial charge >= 0.3 is 5.97 Å². The number of hydrogen-bond acceptors (Lipinski definition) is 6. The summed E-state index contributed by atoms with van der Waals surface area (Å²) in [4.78, 5) is 12.1. The molecular formula is C20H14N2O4. The Morgan fingerprint density at radius 3 is 2.35 bits per heavy atom. The van der Waals surface area contributed by atoms with Crippen LogP contribution in [-0.2, 0) is 4.74 Å². The van der Waals surface area contributed by atoms with Gasteiger partial charge in [0.05, 0.1) is 18.2 Å². The van der Waals surface area contributed by atoms with Gasteiger partial charge in [-0.15, -0.1) is 0 Å². The van der Waals surface area contributed by atoms with Crippen LogP contribution in [0.4, 0.5) is 0 Å². The van der Waals surface area contributed by atoms with E-state index in [0.717, 1.165) is 5.56 Å². The molecule has 0 radical (unpaired) electrons. The lowest BCUT2D eigenvalue weighted by atomic mass is 9.96. The predicted octanol–water partition coefficient (Wildman–Crippen LogP) is 3.35. The number of furan rings is 1. The zero-order chi connectivity index (χ0) is 18.8. The summed E-state index contributed by atoms with van der Waals surface area (Å²) in [6.45, 7) is 1.92. The molecule has 1 heterocycles. The van der Waals surface area contributed by atoms with Crippen LogP contribution in [0.2, 0.25) is 0 Å². The van der Waals surface area contributed by atoms with Gasteiger partial charge in [0.25, 0.3) is 0 Å². The molecule has 6 heteroatoms. The second kappa shape index (κ2) is 6.72. The number of aliphatic hydroxyl groups excluding tert-OH is 1. The van der Waals surface area contributed by atoms with Crippen molar-refractivity contribution in [2.45, 2.75) is 13.0 Å². The minimum absolute atomic E-state index is 0.126. The van der Waals surface area contributed by atoms with Crippen LogP contribution in [0.25, 0.3) is 11.0 Å². The third-order valence-electron chi connectivity index (χ3n) is 4.14. The van der Waals surface area contributed by atoms with Gasteiger partial charge in [0.15, 0.2) is 0 Å². The van der Waals surface area contributed by atoms with Gasteiger partial charge in [-0.25, -0.2) is 4.79 Å². The first-order valence-corrected chi connectivity index (χ1v) is 7.73. The Balaban J connectivity index is 2.30. The fraction of sp³-hybridized carbons (Fsp3) is 0.150. The minimum atomic E-state index is -1.16. The fourth-order valence-corrected chi connectivity index (χ4v) is 2.78. The van der Waals surface area contributed by atoms with Crippen LogP contribution >= 0.6 is 0 Å². The number of carbonyl (C=O) groups excluding carboxylic acids is 1. The van der Waals surface area contributed by atoms with Crippen LogP contribution in [0.5, 0.6) is 0 Å². The Morgan fingerprint density at radius 1 is 1.15 bits per heavy atom. The highest BCUT2D eigenvalue weighted by molar-refractivity contribution is 5.97. The maximum atomic E-state index is 12.1. The molecule has 128 valence electrons. The summed E-state index contributed by atoms with van der Waals surface area (Å²) in [6, 6.07) is 13.9. The van der Waals surface area contributed by atoms with Gasteiger partial charge < -0.3 is 14.3 Å². The third-order valence-corrected chi connectivity index (χ3v) is 4.14. The maximum Gasteiger partial charge on any atom is 0.374 e. The minimum Gasteiger partial charge on any atom is -0.463 e. The molecule has 0 spiro atoms. The predicted molar refractivity (Wildman–Crippen MR) is 92.2 cm³/mol. The van der Waals surface area contributed by atoms with Crippen LogP contribution in [0.15, 0.2) is 40.8 Å². The van der Waals surface area contributed by atoms with Crippen LogP contribution in [-0.4, -0.2) is 18.2 Å². The third kappa shape index (κ3) is 2.79. The van der Waals surface area contributed by atoms with Gasteiger partial charge in [0.1, 0.15) is 23.8 Å². The molecule has 0 saturated carbocycles. The van der Waals surface area contributed by atoms with Crippen LogP contribution in [0.1, 0.15) is 44.5 Å². The van der Waals surface area contributed by atoms with Crippen molar-refractivity contribution in [2.75, 3.05) is 7.11 Å². The first-order chi connectivity index (χ1) is 12.5. The number of benzene rings is 2. The summed E-state index contributed by atoms with van der Waals surface area (Å²) < 4.78 is 10.3. The van der Waals surface area contributed by atoms with Gasteiger partial charge in [0, 0.05) is 17.0 Å². The van der Waals surface area contributed by atoms with Crippen LogP contribution < -0.4 is 0 Å². The molecule has 1 atom stereocenters. The normalized spacial score (nSPS) is 11.6. The van der Waals surface area contributed by atoms with Gasteiger partial charge in [-0.3, -0.25) is 0 Å². The number of aliphatic hydroxyl groups is 1. The molecule has 0 fully saturated rings. The number of fused-ring (bicyclic) bond motifs is 1. The topological polar surface area (TPSA) is 107 Å². The SMILES string of the molecule is COC(=O)c1oc2cc(C#N)c(C#N)cc2c1C(O)c1ccc(C)cc1. The number of methoxy groups -OCH3 is 1. The average Bonchev–Trinajstić information content (AvgIpc) is 3.04. The molecule has 1 N–H and O–H groups in total. The van der Waals surface area contributed by atoms with Crippen molar-refractivity contribution in [1.82, 2.24) is 0 Å². The smallest absolute Gasteiger partial charge is 0.374 e. The molecule has 0 amide bonds. The standard InChI is InChI=1S/C20H14N2O4/c1-11-3-5-12(6-4-11)18(23)17-15-7-13(9-21)14(10-22)8-16(15)26-19(17)20(24)25-2/h3-8,18,23H,1-2H3. The summed E-state index contributed by atoms with van der Waals surface area (Å²) in [5, 5.41) is 29.7. The molecule has 3 rings (SSSR count). The van der Waals surface area contributed by atoms with E-state index in [0.29, 0.717) is 10.9 Å². The molecule has 0 saturated heterocycles. The van der Waals surface area contributed by atoms with Crippen molar-refractivity contribution in [3.05, 3.63) is 70.0 Å². The van der Waals surface area contributed by atoms with E-state index in [1.807, 2.05) is 31.2 Å². The number of carbonyl (C=O) groups is 1.